The summed E-state index contributed by atoms with van der Waals surface area (Å²) in [5, 5.41) is 11.1. The number of aromatic nitrogens is 2. The van der Waals surface area contributed by atoms with E-state index in [0.29, 0.717) is 12.4 Å². The van der Waals surface area contributed by atoms with Gasteiger partial charge in [-0.2, -0.15) is 5.10 Å². The minimum Gasteiger partial charge on any atom is -0.383 e. The zero-order valence-electron chi connectivity index (χ0n) is 20.5. The van der Waals surface area contributed by atoms with Gasteiger partial charge in [-0.05, 0) is 17.7 Å². The molecule has 34 heavy (non-hydrogen) atoms. The number of carbonyl (C=O) groups is 1. The van der Waals surface area contributed by atoms with Crippen LogP contribution in [0.1, 0.15) is 37.9 Å². The van der Waals surface area contributed by atoms with Gasteiger partial charge >= 0.3 is 6.03 Å². The molecule has 7 heteroatoms. The molecule has 2 atom stereocenters. The topological polar surface area (TPSA) is 71.4 Å². The van der Waals surface area contributed by atoms with Gasteiger partial charge in [0.25, 0.3) is 0 Å². The van der Waals surface area contributed by atoms with Crippen molar-refractivity contribution in [2.45, 2.75) is 38.1 Å². The Kier molecular flexibility index (Phi) is 7.34. The molecule has 0 bridgehead atoms. The van der Waals surface area contributed by atoms with E-state index < -0.39 is 0 Å². The van der Waals surface area contributed by atoms with Gasteiger partial charge in [0.15, 0.2) is 0 Å². The highest BCUT2D eigenvalue weighted by atomic mass is 16.5. The number of anilines is 1. The second-order valence-corrected chi connectivity index (χ2v) is 9.89. The summed E-state index contributed by atoms with van der Waals surface area (Å²) in [5.74, 6) is 0.868. The fourth-order valence-corrected chi connectivity index (χ4v) is 4.40. The molecule has 4 rings (SSSR count). The average molecular weight is 462 g/mol. The molecule has 180 valence electrons. The number of methoxy groups -OCH3 is 1. The van der Waals surface area contributed by atoms with Crippen molar-refractivity contribution in [1.29, 1.82) is 0 Å². The van der Waals surface area contributed by atoms with Gasteiger partial charge in [0, 0.05) is 44.1 Å². The fraction of sp³-hybridized carbons (Fsp3) is 0.407. The molecule has 1 aliphatic rings. The maximum Gasteiger partial charge on any atom is 0.320 e. The number of nitrogens with zero attached hydrogens (tertiary/aromatic N) is 3. The summed E-state index contributed by atoms with van der Waals surface area (Å²) in [6.07, 6.45) is 0. The van der Waals surface area contributed by atoms with Crippen molar-refractivity contribution >= 4 is 11.8 Å². The normalized spacial score (nSPS) is 18.7. The lowest BCUT2D eigenvalue weighted by atomic mass is 9.92. The highest BCUT2D eigenvalue weighted by molar-refractivity contribution is 5.89. The first-order chi connectivity index (χ1) is 16.3. The van der Waals surface area contributed by atoms with E-state index in [2.05, 4.69) is 60.6 Å². The minimum absolute atomic E-state index is 0.00515. The summed E-state index contributed by atoms with van der Waals surface area (Å²) in [4.78, 5) is 15.5. The Balaban J connectivity index is 1.53. The van der Waals surface area contributed by atoms with Crippen LogP contribution in [0, 0.1) is 0 Å². The van der Waals surface area contributed by atoms with Crippen LogP contribution < -0.4 is 10.6 Å². The molecule has 1 fully saturated rings. The molecule has 1 unspecified atom stereocenters. The molecule has 0 aliphatic carbocycles. The first kappa shape index (κ1) is 24.0. The van der Waals surface area contributed by atoms with Crippen LogP contribution in [0.4, 0.5) is 10.6 Å². The van der Waals surface area contributed by atoms with E-state index in [1.54, 1.807) is 11.8 Å². The number of rotatable bonds is 7. The molecule has 2 amide bonds. The zero-order chi connectivity index (χ0) is 24.1. The van der Waals surface area contributed by atoms with Crippen LogP contribution in [0.3, 0.4) is 0 Å². The molecular weight excluding hydrogens is 426 g/mol. The third-order valence-electron chi connectivity index (χ3n) is 6.27. The standard InChI is InChI=1S/C27H35N5O2/c1-27(2,3)24-17-25(32(30-24)21-13-9-6-10-14-21)29-26(33)28-23-19-31(15-16-34-4)18-22(23)20-11-7-5-8-12-20/h5-14,17,22-23H,15-16,18-19H2,1-4H3,(H2,28,29,33)/t22-,23?/m0/s1. The lowest BCUT2D eigenvalue weighted by molar-refractivity contribution is 0.159. The number of ether oxygens (including phenoxy) is 1. The van der Waals surface area contributed by atoms with E-state index in [1.807, 2.05) is 42.5 Å². The van der Waals surface area contributed by atoms with Gasteiger partial charge < -0.3 is 10.1 Å². The predicted molar refractivity (Wildman–Crippen MR) is 136 cm³/mol. The van der Waals surface area contributed by atoms with Gasteiger partial charge in [-0.25, -0.2) is 9.48 Å². The van der Waals surface area contributed by atoms with Crippen molar-refractivity contribution in [3.05, 3.63) is 78.0 Å². The average Bonchev–Trinajstić information content (AvgIpc) is 3.43. The SMILES string of the molecule is COCCN1CC(NC(=O)Nc2cc(C(C)(C)C)nn2-c2ccccc2)[C@H](c2ccccc2)C1. The molecule has 1 aliphatic heterocycles. The van der Waals surface area contributed by atoms with Crippen LogP contribution >= 0.6 is 0 Å². The number of carbonyl (C=O) groups excluding carboxylic acids is 1. The van der Waals surface area contributed by atoms with Gasteiger partial charge in [-0.1, -0.05) is 69.3 Å². The Hall–Kier alpha value is -3.16. The molecule has 1 saturated heterocycles. The number of hydrogen-bond acceptors (Lipinski definition) is 4. The molecule has 7 nitrogen and oxygen atoms in total. The number of likely N-dealkylation sites (tertiary alicyclic amines) is 1. The molecule has 2 aromatic carbocycles. The van der Waals surface area contributed by atoms with Gasteiger partial charge in [-0.3, -0.25) is 10.2 Å². The van der Waals surface area contributed by atoms with Crippen LogP contribution in [0.15, 0.2) is 66.7 Å². The second-order valence-electron chi connectivity index (χ2n) is 9.89. The molecular formula is C27H35N5O2. The Morgan fingerprint density at radius 2 is 1.74 bits per heavy atom. The molecule has 1 aromatic heterocycles. The first-order valence-corrected chi connectivity index (χ1v) is 11.8. The minimum atomic E-state index is -0.225. The molecule has 0 saturated carbocycles. The molecule has 2 N–H and O–H groups in total. The Morgan fingerprint density at radius 1 is 1.06 bits per heavy atom. The van der Waals surface area contributed by atoms with E-state index in [0.717, 1.165) is 31.0 Å². The van der Waals surface area contributed by atoms with Crippen molar-refractivity contribution in [3.63, 3.8) is 0 Å². The lowest BCUT2D eigenvalue weighted by Gasteiger charge is -2.20. The molecule has 3 aromatic rings. The van der Waals surface area contributed by atoms with Crippen LogP contribution in [0.2, 0.25) is 0 Å². The maximum absolute atomic E-state index is 13.2. The Labute approximate surface area is 202 Å². The van der Waals surface area contributed by atoms with Crippen molar-refractivity contribution in [3.8, 4) is 5.69 Å². The van der Waals surface area contributed by atoms with Gasteiger partial charge in [0.1, 0.15) is 5.82 Å². The van der Waals surface area contributed by atoms with Gasteiger partial charge in [-0.15, -0.1) is 0 Å². The van der Waals surface area contributed by atoms with Crippen LogP contribution in [0.5, 0.6) is 0 Å². The first-order valence-electron chi connectivity index (χ1n) is 11.8. The monoisotopic (exact) mass is 461 g/mol. The van der Waals surface area contributed by atoms with Crippen LogP contribution in [-0.2, 0) is 10.2 Å². The van der Waals surface area contributed by atoms with Crippen LogP contribution in [-0.4, -0.2) is 60.1 Å². The highest BCUT2D eigenvalue weighted by Gasteiger charge is 2.34. The van der Waals surface area contributed by atoms with Gasteiger partial charge in [0.2, 0.25) is 0 Å². The largest absolute Gasteiger partial charge is 0.383 e. The summed E-state index contributed by atoms with van der Waals surface area (Å²) in [7, 11) is 1.72. The zero-order valence-corrected chi connectivity index (χ0v) is 20.5. The maximum atomic E-state index is 13.2. The van der Waals surface area contributed by atoms with E-state index in [4.69, 9.17) is 9.84 Å². The van der Waals surface area contributed by atoms with Crippen molar-refractivity contribution in [2.24, 2.45) is 0 Å². The highest BCUT2D eigenvalue weighted by Crippen LogP contribution is 2.29. The number of hydrogen-bond donors (Lipinski definition) is 2. The summed E-state index contributed by atoms with van der Waals surface area (Å²) < 4.78 is 7.07. The van der Waals surface area contributed by atoms with E-state index in [9.17, 15) is 4.79 Å². The van der Waals surface area contributed by atoms with E-state index in [-0.39, 0.29) is 23.4 Å². The third kappa shape index (κ3) is 5.66. The lowest BCUT2D eigenvalue weighted by Crippen LogP contribution is -2.42. The number of nitrogens with one attached hydrogen (secondary N) is 2. The van der Waals surface area contributed by atoms with E-state index in [1.165, 1.54) is 5.56 Å². The number of urea groups is 1. The molecule has 2 heterocycles. The summed E-state index contributed by atoms with van der Waals surface area (Å²) >= 11 is 0. The summed E-state index contributed by atoms with van der Waals surface area (Å²) in [5.41, 5.74) is 2.91. The van der Waals surface area contributed by atoms with Gasteiger partial charge in [0.05, 0.1) is 24.0 Å². The van der Waals surface area contributed by atoms with Crippen molar-refractivity contribution < 1.29 is 9.53 Å². The quantitative estimate of drug-likeness (QED) is 0.547. The number of para-hydroxylation sites is 1. The number of benzene rings is 2. The molecule has 0 spiro atoms. The Bertz CT molecular complexity index is 1080. The Morgan fingerprint density at radius 3 is 2.38 bits per heavy atom. The van der Waals surface area contributed by atoms with Crippen molar-refractivity contribution in [2.75, 3.05) is 38.7 Å². The number of amides is 2. The fourth-order valence-electron chi connectivity index (χ4n) is 4.40. The van der Waals surface area contributed by atoms with Crippen molar-refractivity contribution in [1.82, 2.24) is 20.0 Å². The smallest absolute Gasteiger partial charge is 0.320 e. The third-order valence-corrected chi connectivity index (χ3v) is 6.27. The molecule has 0 radical (unpaired) electrons. The summed E-state index contributed by atoms with van der Waals surface area (Å²) in [6, 6.07) is 22.0. The summed E-state index contributed by atoms with van der Waals surface area (Å²) in [6.45, 7) is 9.53. The van der Waals surface area contributed by atoms with E-state index >= 15 is 0 Å². The predicted octanol–water partition coefficient (Wildman–Crippen LogP) is 4.41. The second kappa shape index (κ2) is 10.4. The van der Waals surface area contributed by atoms with Crippen LogP contribution in [0.25, 0.3) is 5.69 Å².